The van der Waals surface area contributed by atoms with Crippen LogP contribution in [0.4, 0.5) is 23.0 Å². The highest BCUT2D eigenvalue weighted by molar-refractivity contribution is 7.92. The molecule has 0 saturated carbocycles. The Balaban J connectivity index is 1.36. The number of hydrogen-bond acceptors (Lipinski definition) is 9. The zero-order valence-corrected chi connectivity index (χ0v) is 25.1. The highest BCUT2D eigenvalue weighted by Gasteiger charge is 2.22. The van der Waals surface area contributed by atoms with Crippen molar-refractivity contribution in [2.24, 2.45) is 0 Å². The van der Waals surface area contributed by atoms with Crippen LogP contribution in [0.5, 0.6) is 11.5 Å². The van der Waals surface area contributed by atoms with Gasteiger partial charge in [-0.3, -0.25) is 14.8 Å². The molecule has 1 aromatic heterocycles. The van der Waals surface area contributed by atoms with Crippen LogP contribution in [0.3, 0.4) is 0 Å². The summed E-state index contributed by atoms with van der Waals surface area (Å²) in [7, 11) is -2.72. The Labute approximate surface area is 255 Å². The summed E-state index contributed by atoms with van der Waals surface area (Å²) in [5.41, 5.74) is 2.28. The van der Waals surface area contributed by atoms with Crippen LogP contribution in [0.15, 0.2) is 102 Å². The number of phenolic OH excluding ortho intramolecular Hbond substituents is 1. The third kappa shape index (κ3) is 7.22. The van der Waals surface area contributed by atoms with E-state index in [1.807, 2.05) is 44.2 Å². The van der Waals surface area contributed by atoms with Gasteiger partial charge in [0.25, 0.3) is 10.0 Å². The number of aromatic nitrogens is 2. The van der Waals surface area contributed by atoms with E-state index in [-0.39, 0.29) is 34.7 Å². The highest BCUT2D eigenvalue weighted by atomic mass is 32.2. The van der Waals surface area contributed by atoms with Gasteiger partial charge in [0, 0.05) is 35.1 Å². The van der Waals surface area contributed by atoms with Gasteiger partial charge in [0.2, 0.25) is 5.91 Å². The highest BCUT2D eigenvalue weighted by Crippen LogP contribution is 2.31. The number of sulfonamides is 1. The smallest absolute Gasteiger partial charge is 0.263 e. The van der Waals surface area contributed by atoms with E-state index < -0.39 is 15.6 Å². The summed E-state index contributed by atoms with van der Waals surface area (Å²) in [6.07, 6.45) is 0. The second-order valence-corrected chi connectivity index (χ2v) is 12.2. The minimum atomic E-state index is -4.18. The number of ether oxygens (including phenoxy) is 1. The summed E-state index contributed by atoms with van der Waals surface area (Å²) in [4.78, 5) is 21.7. The summed E-state index contributed by atoms with van der Waals surface area (Å²) in [6, 6.07) is 27.2. The van der Waals surface area contributed by atoms with Crippen molar-refractivity contribution in [2.45, 2.75) is 24.3 Å². The molecule has 0 aliphatic rings. The molecule has 0 aliphatic carbocycles. The van der Waals surface area contributed by atoms with Crippen LogP contribution < -0.4 is 25.4 Å². The van der Waals surface area contributed by atoms with Crippen molar-refractivity contribution >= 4 is 50.0 Å². The van der Waals surface area contributed by atoms with Crippen LogP contribution >= 0.6 is 0 Å². The second kappa shape index (κ2) is 12.6. The van der Waals surface area contributed by atoms with Crippen LogP contribution in [0.25, 0.3) is 11.0 Å². The van der Waals surface area contributed by atoms with Crippen molar-refractivity contribution in [1.82, 2.24) is 15.3 Å². The van der Waals surface area contributed by atoms with E-state index >= 15 is 0 Å². The summed E-state index contributed by atoms with van der Waals surface area (Å²) in [5.74, 6) is 0.0516. The van der Waals surface area contributed by atoms with Gasteiger partial charge in [-0.05, 0) is 49.7 Å². The Morgan fingerprint density at radius 1 is 0.841 bits per heavy atom. The number of carbonyl (C=O) groups excluding carboxylic acids is 1. The van der Waals surface area contributed by atoms with Crippen LogP contribution in [0.1, 0.15) is 19.4 Å². The first-order valence-electron chi connectivity index (χ1n) is 13.7. The molecule has 44 heavy (non-hydrogen) atoms. The van der Waals surface area contributed by atoms with E-state index in [1.165, 1.54) is 37.4 Å². The lowest BCUT2D eigenvalue weighted by Crippen LogP contribution is -2.41. The molecule has 5 N–H and O–H groups in total. The molecule has 1 heterocycles. The summed E-state index contributed by atoms with van der Waals surface area (Å²) >= 11 is 0. The van der Waals surface area contributed by atoms with Crippen molar-refractivity contribution in [1.29, 1.82) is 0 Å². The normalized spacial score (nSPS) is 11.6. The van der Waals surface area contributed by atoms with Gasteiger partial charge in [-0.1, -0.05) is 48.5 Å². The molecule has 0 fully saturated rings. The van der Waals surface area contributed by atoms with Gasteiger partial charge in [0.1, 0.15) is 11.5 Å². The molecule has 0 spiro atoms. The average Bonchev–Trinajstić information content (AvgIpc) is 3.00. The second-order valence-electron chi connectivity index (χ2n) is 10.5. The van der Waals surface area contributed by atoms with E-state index in [1.54, 1.807) is 36.4 Å². The molecule has 11 nitrogen and oxygen atoms in total. The summed E-state index contributed by atoms with van der Waals surface area (Å²) in [5, 5.41) is 19.1. The number of aromatic hydroxyl groups is 1. The lowest BCUT2D eigenvalue weighted by molar-refractivity contribution is -0.115. The molecule has 1 amide bonds. The molecular weight excluding hydrogens is 580 g/mol. The molecule has 0 bridgehead atoms. The Morgan fingerprint density at radius 3 is 2.23 bits per heavy atom. The molecule has 0 radical (unpaired) electrons. The number of methoxy groups -OCH3 is 1. The summed E-state index contributed by atoms with van der Waals surface area (Å²) in [6.45, 7) is 3.97. The number of hydrogen-bond donors (Lipinski definition) is 5. The maximum Gasteiger partial charge on any atom is 0.263 e. The number of carbonyl (C=O) groups is 1. The van der Waals surface area contributed by atoms with E-state index in [9.17, 15) is 18.3 Å². The number of phenols is 1. The number of rotatable bonds is 11. The van der Waals surface area contributed by atoms with E-state index in [4.69, 9.17) is 4.74 Å². The topological polar surface area (TPSA) is 155 Å². The monoisotopic (exact) mass is 612 g/mol. The van der Waals surface area contributed by atoms with Crippen LogP contribution in [-0.2, 0) is 20.4 Å². The first-order valence-corrected chi connectivity index (χ1v) is 15.2. The minimum Gasteiger partial charge on any atom is -0.508 e. The Bertz CT molecular complexity index is 1920. The molecule has 0 atom stereocenters. The van der Waals surface area contributed by atoms with Gasteiger partial charge >= 0.3 is 0 Å². The van der Waals surface area contributed by atoms with Gasteiger partial charge in [-0.15, -0.1) is 0 Å². The van der Waals surface area contributed by atoms with Gasteiger partial charge in [0.15, 0.2) is 11.6 Å². The SMILES string of the molecule is COc1cc(O)cc(Nc2nc3ccccc3nc2NS(=O)(=O)c2cccc(NC(=O)CNC(C)(C)c3ccccc3)c2)c1. The number of nitrogens with zero attached hydrogens (tertiary/aromatic N) is 2. The van der Waals surface area contributed by atoms with Gasteiger partial charge in [-0.25, -0.2) is 18.4 Å². The number of para-hydroxylation sites is 2. The lowest BCUT2D eigenvalue weighted by Gasteiger charge is -2.26. The zero-order valence-electron chi connectivity index (χ0n) is 24.3. The van der Waals surface area contributed by atoms with Crippen molar-refractivity contribution < 1.29 is 23.1 Å². The molecule has 0 aliphatic heterocycles. The van der Waals surface area contributed by atoms with Crippen LogP contribution in [-0.4, -0.2) is 43.1 Å². The largest absolute Gasteiger partial charge is 0.508 e. The number of benzene rings is 4. The molecule has 5 aromatic rings. The third-order valence-electron chi connectivity index (χ3n) is 6.81. The molecule has 226 valence electrons. The fourth-order valence-corrected chi connectivity index (χ4v) is 5.51. The van der Waals surface area contributed by atoms with Crippen LogP contribution in [0.2, 0.25) is 0 Å². The lowest BCUT2D eigenvalue weighted by atomic mass is 9.94. The van der Waals surface area contributed by atoms with Gasteiger partial charge in [0.05, 0.1) is 29.6 Å². The van der Waals surface area contributed by atoms with Crippen molar-refractivity contribution in [2.75, 3.05) is 29.0 Å². The van der Waals surface area contributed by atoms with E-state index in [0.717, 1.165) is 5.56 Å². The van der Waals surface area contributed by atoms with Crippen molar-refractivity contribution in [3.63, 3.8) is 0 Å². The number of nitrogens with one attached hydrogen (secondary N) is 4. The minimum absolute atomic E-state index is 0.0126. The average molecular weight is 613 g/mol. The predicted molar refractivity (Wildman–Crippen MR) is 171 cm³/mol. The maximum absolute atomic E-state index is 13.6. The maximum atomic E-state index is 13.6. The van der Waals surface area contributed by atoms with Crippen LogP contribution in [0, 0.1) is 0 Å². The molecule has 5 rings (SSSR count). The molecule has 0 saturated heterocycles. The molecule has 0 unspecified atom stereocenters. The fraction of sp³-hybridized carbons (Fsp3) is 0.156. The first kappa shape index (κ1) is 30.3. The number of anilines is 4. The third-order valence-corrected chi connectivity index (χ3v) is 8.14. The number of fused-ring (bicyclic) bond motifs is 1. The Hall–Kier alpha value is -5.20. The zero-order chi connectivity index (χ0) is 31.3. The standard InChI is InChI=1S/C32H32N6O5S/c1-32(2,21-10-5-4-6-11-21)33-20-29(40)34-22-12-9-13-26(18-22)44(41,42)38-31-30(36-27-14-7-8-15-28(27)37-31)35-23-16-24(39)19-25(17-23)43-3/h4-19,33,39H,20H2,1-3H3,(H,34,40)(H,35,36)(H,37,38). The van der Waals surface area contributed by atoms with E-state index in [0.29, 0.717) is 28.2 Å². The predicted octanol–water partition coefficient (Wildman–Crippen LogP) is 5.35. The Morgan fingerprint density at radius 2 is 1.52 bits per heavy atom. The van der Waals surface area contributed by atoms with Gasteiger partial charge < -0.3 is 20.5 Å². The molecule has 12 heteroatoms. The number of amides is 1. The quantitative estimate of drug-likeness (QED) is 0.133. The Kier molecular flexibility index (Phi) is 8.65. The molecular formula is C32H32N6O5S. The first-order chi connectivity index (χ1) is 21.0. The molecule has 4 aromatic carbocycles. The summed E-state index contributed by atoms with van der Waals surface area (Å²) < 4.78 is 34.9. The van der Waals surface area contributed by atoms with Crippen molar-refractivity contribution in [3.05, 3.63) is 103 Å². The van der Waals surface area contributed by atoms with E-state index in [2.05, 4.69) is 30.6 Å². The van der Waals surface area contributed by atoms with Crippen molar-refractivity contribution in [3.8, 4) is 11.5 Å². The van der Waals surface area contributed by atoms with Gasteiger partial charge in [-0.2, -0.15) is 0 Å². The fourth-order valence-electron chi connectivity index (χ4n) is 4.46.